The summed E-state index contributed by atoms with van der Waals surface area (Å²) in [7, 11) is 1.54. The Morgan fingerprint density at radius 2 is 1.87 bits per heavy atom. The van der Waals surface area contributed by atoms with E-state index in [2.05, 4.69) is 11.0 Å². The number of hydrogen-bond donors (Lipinski definition) is 1. The zero-order chi connectivity index (χ0) is 26.6. The van der Waals surface area contributed by atoms with Gasteiger partial charge in [0.2, 0.25) is 0 Å². The van der Waals surface area contributed by atoms with Crippen LogP contribution >= 0.6 is 0 Å². The van der Waals surface area contributed by atoms with E-state index in [1.54, 1.807) is 7.11 Å². The molecule has 0 aliphatic carbocycles. The number of fused-ring (bicyclic) bond motifs is 6. The molecule has 0 radical (unpaired) electrons. The largest absolute Gasteiger partial charge is 0.493 e. The third-order valence-corrected chi connectivity index (χ3v) is 7.71. The van der Waals surface area contributed by atoms with Crippen LogP contribution in [0, 0.1) is 5.82 Å². The van der Waals surface area contributed by atoms with Gasteiger partial charge < -0.3 is 19.1 Å². The summed E-state index contributed by atoms with van der Waals surface area (Å²) in [5.74, 6) is -0.342. The van der Waals surface area contributed by atoms with Gasteiger partial charge in [-0.3, -0.25) is 4.90 Å². The zero-order valence-electron chi connectivity index (χ0n) is 20.7. The monoisotopic (exact) mass is 526 g/mol. The molecule has 38 heavy (non-hydrogen) atoms. The van der Waals surface area contributed by atoms with Crippen molar-refractivity contribution in [2.45, 2.75) is 44.9 Å². The first-order valence-electron chi connectivity index (χ1n) is 12.4. The fraction of sp³-hybridized carbons (Fsp3) is 0.310. The van der Waals surface area contributed by atoms with Crippen LogP contribution in [0.1, 0.15) is 39.6 Å². The number of aliphatic hydroxyl groups excluding tert-OH is 1. The Kier molecular flexibility index (Phi) is 6.07. The first kappa shape index (κ1) is 24.8. The molecule has 0 amide bonds. The second-order valence-electron chi connectivity index (χ2n) is 9.75. The average Bonchev–Trinajstić information content (AvgIpc) is 3.22. The van der Waals surface area contributed by atoms with Crippen molar-refractivity contribution in [2.75, 3.05) is 13.7 Å². The van der Waals surface area contributed by atoms with E-state index < -0.39 is 17.6 Å². The summed E-state index contributed by atoms with van der Waals surface area (Å²) in [4.78, 5) is 2.42. The summed E-state index contributed by atoms with van der Waals surface area (Å²) in [5.41, 5.74) is 4.68. The SMILES string of the molecule is COc1cc2c(cc1OCc1ccc(C(F)(F)F)c(F)c1)CCN1Cc3c(c4ccccc4n3CO)CC21. The lowest BCUT2D eigenvalue weighted by molar-refractivity contribution is -0.140. The lowest BCUT2D eigenvalue weighted by Crippen LogP contribution is -2.39. The maximum atomic E-state index is 14.0. The molecule has 0 fully saturated rings. The zero-order valence-corrected chi connectivity index (χ0v) is 20.7. The number of rotatable bonds is 5. The van der Waals surface area contributed by atoms with Gasteiger partial charge in [0.05, 0.1) is 18.2 Å². The van der Waals surface area contributed by atoms with E-state index >= 15 is 0 Å². The predicted molar refractivity (Wildman–Crippen MR) is 133 cm³/mol. The van der Waals surface area contributed by atoms with Crippen molar-refractivity contribution in [3.63, 3.8) is 0 Å². The number of benzene rings is 3. The highest BCUT2D eigenvalue weighted by Crippen LogP contribution is 2.44. The highest BCUT2D eigenvalue weighted by atomic mass is 19.4. The highest BCUT2D eigenvalue weighted by molar-refractivity contribution is 5.86. The van der Waals surface area contributed by atoms with Crippen LogP contribution in [0.4, 0.5) is 17.6 Å². The van der Waals surface area contributed by atoms with Gasteiger partial charge in [-0.25, -0.2) is 4.39 Å². The fourth-order valence-electron chi connectivity index (χ4n) is 5.88. The van der Waals surface area contributed by atoms with Crippen LogP contribution in [-0.4, -0.2) is 28.2 Å². The van der Waals surface area contributed by atoms with E-state index in [-0.39, 0.29) is 19.4 Å². The summed E-state index contributed by atoms with van der Waals surface area (Å²) in [5, 5.41) is 11.2. The minimum atomic E-state index is -4.74. The third-order valence-electron chi connectivity index (χ3n) is 7.71. The first-order chi connectivity index (χ1) is 18.3. The van der Waals surface area contributed by atoms with Crippen LogP contribution in [0.5, 0.6) is 11.5 Å². The van der Waals surface area contributed by atoms with Gasteiger partial charge in [0, 0.05) is 30.2 Å². The summed E-state index contributed by atoms with van der Waals surface area (Å²) in [6.45, 7) is 1.40. The van der Waals surface area contributed by atoms with Crippen molar-refractivity contribution in [1.82, 2.24) is 9.47 Å². The number of alkyl halides is 3. The molecule has 0 spiro atoms. The number of aromatic nitrogens is 1. The van der Waals surface area contributed by atoms with Crippen LogP contribution < -0.4 is 9.47 Å². The lowest BCUT2D eigenvalue weighted by atomic mass is 9.85. The van der Waals surface area contributed by atoms with E-state index in [0.29, 0.717) is 17.1 Å². The molecule has 2 aliphatic rings. The van der Waals surface area contributed by atoms with Crippen molar-refractivity contribution < 1.29 is 32.1 Å². The Morgan fingerprint density at radius 3 is 2.61 bits per heavy atom. The molecule has 0 saturated carbocycles. The Hall–Kier alpha value is -3.56. The van der Waals surface area contributed by atoms with Crippen molar-refractivity contribution in [3.05, 3.63) is 93.9 Å². The fourth-order valence-corrected chi connectivity index (χ4v) is 5.88. The van der Waals surface area contributed by atoms with Gasteiger partial charge in [-0.2, -0.15) is 13.2 Å². The molecular formula is C29H26F4N2O3. The van der Waals surface area contributed by atoms with Crippen LogP contribution in [0.3, 0.4) is 0 Å². The molecule has 1 atom stereocenters. The van der Waals surface area contributed by atoms with Crippen LogP contribution in [0.25, 0.3) is 10.9 Å². The Bertz CT molecular complexity index is 1530. The molecule has 1 unspecified atom stereocenters. The standard InChI is InChI=1S/C29H26F4N2O3/c1-37-27-13-20-18(11-28(27)38-15-17-6-7-22(23(30)10-17)29(31,32)33)8-9-34-14-26-21(12-25(20)34)19-4-2-3-5-24(19)35(26)16-36/h2-7,10-11,13,25,36H,8-9,12,14-16H2,1H3. The van der Waals surface area contributed by atoms with Crippen molar-refractivity contribution >= 4 is 10.9 Å². The predicted octanol–water partition coefficient (Wildman–Crippen LogP) is 5.99. The molecule has 2 aliphatic heterocycles. The highest BCUT2D eigenvalue weighted by Gasteiger charge is 2.36. The second kappa shape index (κ2) is 9.32. The van der Waals surface area contributed by atoms with Gasteiger partial charge in [0.25, 0.3) is 0 Å². The molecule has 0 saturated heterocycles. The molecule has 1 aromatic heterocycles. The number of para-hydroxylation sites is 1. The molecule has 9 heteroatoms. The number of nitrogens with zero attached hydrogens (tertiary/aromatic N) is 2. The molecular weight excluding hydrogens is 500 g/mol. The summed E-state index contributed by atoms with van der Waals surface area (Å²) < 4.78 is 66.2. The molecule has 3 aromatic carbocycles. The molecule has 6 rings (SSSR count). The van der Waals surface area contributed by atoms with Gasteiger partial charge in [-0.1, -0.05) is 24.3 Å². The lowest BCUT2D eigenvalue weighted by Gasteiger charge is -2.41. The van der Waals surface area contributed by atoms with Crippen molar-refractivity contribution in [3.8, 4) is 11.5 Å². The van der Waals surface area contributed by atoms with E-state index in [0.717, 1.165) is 65.8 Å². The van der Waals surface area contributed by atoms with Crippen LogP contribution in [-0.2, 0) is 38.9 Å². The van der Waals surface area contributed by atoms with Gasteiger partial charge in [-0.05, 0) is 65.4 Å². The maximum Gasteiger partial charge on any atom is 0.419 e. The Labute approximate surface area is 216 Å². The third kappa shape index (κ3) is 4.10. The summed E-state index contributed by atoms with van der Waals surface area (Å²) >= 11 is 0. The van der Waals surface area contributed by atoms with E-state index in [9.17, 15) is 22.7 Å². The summed E-state index contributed by atoms with van der Waals surface area (Å²) in [6.07, 6.45) is -3.16. The quantitative estimate of drug-likeness (QED) is 0.325. The normalized spacial score (nSPS) is 17.2. The van der Waals surface area contributed by atoms with Crippen LogP contribution in [0.15, 0.2) is 54.6 Å². The van der Waals surface area contributed by atoms with Gasteiger partial charge in [-0.15, -0.1) is 0 Å². The summed E-state index contributed by atoms with van der Waals surface area (Å²) in [6, 6.07) is 15.0. The average molecular weight is 527 g/mol. The molecule has 1 N–H and O–H groups in total. The number of aliphatic hydroxyl groups is 1. The smallest absolute Gasteiger partial charge is 0.419 e. The van der Waals surface area contributed by atoms with E-state index in [1.807, 2.05) is 34.9 Å². The van der Waals surface area contributed by atoms with Crippen molar-refractivity contribution in [1.29, 1.82) is 0 Å². The van der Waals surface area contributed by atoms with Crippen LogP contribution in [0.2, 0.25) is 0 Å². The Balaban J connectivity index is 1.29. The van der Waals surface area contributed by atoms with Gasteiger partial charge >= 0.3 is 6.18 Å². The minimum absolute atomic E-state index is 0.0672. The molecule has 5 nitrogen and oxygen atoms in total. The molecule has 0 bridgehead atoms. The molecule has 198 valence electrons. The first-order valence-corrected chi connectivity index (χ1v) is 12.4. The number of halogens is 4. The maximum absolute atomic E-state index is 14.0. The second-order valence-corrected chi connectivity index (χ2v) is 9.75. The minimum Gasteiger partial charge on any atom is -0.493 e. The van der Waals surface area contributed by atoms with Gasteiger partial charge in [0.1, 0.15) is 19.2 Å². The molecule has 4 aromatic rings. The molecule has 3 heterocycles. The Morgan fingerprint density at radius 1 is 1.05 bits per heavy atom. The van der Waals surface area contributed by atoms with E-state index in [1.165, 1.54) is 11.6 Å². The topological polar surface area (TPSA) is 46.9 Å². The number of ether oxygens (including phenoxy) is 2. The van der Waals surface area contributed by atoms with E-state index in [4.69, 9.17) is 9.47 Å². The number of hydrogen-bond acceptors (Lipinski definition) is 4. The van der Waals surface area contributed by atoms with Gasteiger partial charge in [0.15, 0.2) is 11.5 Å². The van der Waals surface area contributed by atoms with Crippen molar-refractivity contribution in [2.24, 2.45) is 0 Å². The number of methoxy groups -OCH3 is 1.